The number of rotatable bonds is 4. The van der Waals surface area contributed by atoms with Crippen molar-refractivity contribution in [3.8, 4) is 0 Å². The molecule has 3 aromatic heterocycles. The van der Waals surface area contributed by atoms with E-state index in [4.69, 9.17) is 0 Å². The molecule has 5 heteroatoms. The van der Waals surface area contributed by atoms with Crippen LogP contribution in [0.5, 0.6) is 0 Å². The third-order valence-electron chi connectivity index (χ3n) is 4.28. The smallest absolute Gasteiger partial charge is 0.274 e. The van der Waals surface area contributed by atoms with Crippen LogP contribution in [0.1, 0.15) is 34.2 Å². The molecular weight excluding hydrogens is 300 g/mol. The fraction of sp³-hybridized carbons (Fsp3) is 0.316. The van der Waals surface area contributed by atoms with Crippen LogP contribution < -0.4 is 0 Å². The number of imidazole rings is 1. The van der Waals surface area contributed by atoms with Crippen LogP contribution in [0, 0.1) is 13.8 Å². The molecule has 0 radical (unpaired) electrons. The van der Waals surface area contributed by atoms with E-state index < -0.39 is 0 Å². The Balaban J connectivity index is 1.77. The van der Waals surface area contributed by atoms with Gasteiger partial charge >= 0.3 is 0 Å². The summed E-state index contributed by atoms with van der Waals surface area (Å²) in [7, 11) is 1.82. The van der Waals surface area contributed by atoms with Gasteiger partial charge in [-0.25, -0.2) is 4.98 Å². The lowest BCUT2D eigenvalue weighted by atomic mass is 10.1. The fourth-order valence-electron chi connectivity index (χ4n) is 2.74. The molecule has 5 nitrogen and oxygen atoms in total. The zero-order valence-corrected chi connectivity index (χ0v) is 14.5. The second-order valence-electron chi connectivity index (χ2n) is 6.39. The van der Waals surface area contributed by atoms with Crippen molar-refractivity contribution in [2.24, 2.45) is 0 Å². The third kappa shape index (κ3) is 3.30. The molecule has 3 rings (SSSR count). The maximum atomic E-state index is 12.7. The maximum Gasteiger partial charge on any atom is 0.274 e. The molecule has 0 aliphatic carbocycles. The predicted molar refractivity (Wildman–Crippen MR) is 94.2 cm³/mol. The van der Waals surface area contributed by atoms with Crippen LogP contribution >= 0.6 is 0 Å². The molecule has 0 N–H and O–H groups in total. The van der Waals surface area contributed by atoms with Crippen molar-refractivity contribution in [1.82, 2.24) is 19.3 Å². The van der Waals surface area contributed by atoms with Crippen LogP contribution in [0.3, 0.4) is 0 Å². The number of carbonyl (C=O) groups is 1. The number of carbonyl (C=O) groups excluding carboxylic acids is 1. The van der Waals surface area contributed by atoms with Crippen LogP contribution in [0.25, 0.3) is 5.65 Å². The summed E-state index contributed by atoms with van der Waals surface area (Å²) in [4.78, 5) is 23.3. The quantitative estimate of drug-likeness (QED) is 0.742. The summed E-state index contributed by atoms with van der Waals surface area (Å²) in [6.07, 6.45) is 6.29. The van der Waals surface area contributed by atoms with E-state index in [1.165, 1.54) is 5.56 Å². The number of hydrogen-bond acceptors (Lipinski definition) is 3. The number of aryl methyl sites for hydroxylation is 2. The zero-order chi connectivity index (χ0) is 17.3. The minimum absolute atomic E-state index is 0.0401. The van der Waals surface area contributed by atoms with E-state index in [1.54, 1.807) is 11.1 Å². The summed E-state index contributed by atoms with van der Waals surface area (Å²) in [6, 6.07) is 7.99. The minimum atomic E-state index is -0.0727. The van der Waals surface area contributed by atoms with E-state index in [9.17, 15) is 4.79 Å². The third-order valence-corrected chi connectivity index (χ3v) is 4.28. The average Bonchev–Trinajstić information content (AvgIpc) is 2.96. The standard InChI is InChI=1S/C19H22N4O/c1-13-7-8-20-16(9-13)10-15(3)22(4)19(24)17-12-23-11-14(2)5-6-18(23)21-17/h5-9,11-12,15H,10H2,1-4H3. The van der Waals surface area contributed by atoms with Crippen molar-refractivity contribution in [2.45, 2.75) is 33.2 Å². The van der Waals surface area contributed by atoms with Gasteiger partial charge in [0.25, 0.3) is 5.91 Å². The number of fused-ring (bicyclic) bond motifs is 1. The van der Waals surface area contributed by atoms with E-state index in [2.05, 4.69) is 16.0 Å². The Morgan fingerprint density at radius 3 is 2.75 bits per heavy atom. The van der Waals surface area contributed by atoms with E-state index in [0.717, 1.165) is 23.3 Å². The van der Waals surface area contributed by atoms with Gasteiger partial charge < -0.3 is 9.30 Å². The molecule has 0 bridgehead atoms. The molecule has 0 saturated heterocycles. The van der Waals surface area contributed by atoms with Gasteiger partial charge in [-0.2, -0.15) is 0 Å². The van der Waals surface area contributed by atoms with Crippen LogP contribution in [0.15, 0.2) is 42.9 Å². The van der Waals surface area contributed by atoms with Gasteiger partial charge in [-0.3, -0.25) is 9.78 Å². The molecule has 124 valence electrons. The summed E-state index contributed by atoms with van der Waals surface area (Å²) in [5.41, 5.74) is 4.55. The Morgan fingerprint density at radius 1 is 1.21 bits per heavy atom. The number of amides is 1. The van der Waals surface area contributed by atoms with Gasteiger partial charge in [0, 0.05) is 43.8 Å². The molecule has 0 aliphatic heterocycles. The van der Waals surface area contributed by atoms with Crippen LogP contribution in [0.4, 0.5) is 0 Å². The van der Waals surface area contributed by atoms with Crippen LogP contribution in [-0.2, 0) is 6.42 Å². The SMILES string of the molecule is Cc1ccnc(CC(C)N(C)C(=O)c2cn3cc(C)ccc3n2)c1. The fourth-order valence-corrected chi connectivity index (χ4v) is 2.74. The number of likely N-dealkylation sites (N-methyl/N-ethyl adjacent to an activating group) is 1. The van der Waals surface area contributed by atoms with Crippen molar-refractivity contribution in [3.63, 3.8) is 0 Å². The lowest BCUT2D eigenvalue weighted by molar-refractivity contribution is 0.0737. The molecule has 24 heavy (non-hydrogen) atoms. The monoisotopic (exact) mass is 322 g/mol. The van der Waals surface area contributed by atoms with E-state index in [-0.39, 0.29) is 11.9 Å². The number of pyridine rings is 2. The first-order chi connectivity index (χ1) is 11.4. The highest BCUT2D eigenvalue weighted by Crippen LogP contribution is 2.13. The van der Waals surface area contributed by atoms with Gasteiger partial charge in [0.2, 0.25) is 0 Å². The molecule has 0 aliphatic rings. The van der Waals surface area contributed by atoms with E-state index >= 15 is 0 Å². The summed E-state index contributed by atoms with van der Waals surface area (Å²) >= 11 is 0. The summed E-state index contributed by atoms with van der Waals surface area (Å²) in [5.74, 6) is -0.0727. The van der Waals surface area contributed by atoms with Crippen molar-refractivity contribution in [2.75, 3.05) is 7.05 Å². The molecule has 0 saturated carbocycles. The van der Waals surface area contributed by atoms with Crippen molar-refractivity contribution >= 4 is 11.6 Å². The highest BCUT2D eigenvalue weighted by molar-refractivity contribution is 5.93. The van der Waals surface area contributed by atoms with Crippen molar-refractivity contribution in [3.05, 3.63) is 65.4 Å². The van der Waals surface area contributed by atoms with Crippen LogP contribution in [-0.4, -0.2) is 38.3 Å². The molecule has 1 amide bonds. The van der Waals surface area contributed by atoms with Crippen LogP contribution in [0.2, 0.25) is 0 Å². The molecule has 3 heterocycles. The lowest BCUT2D eigenvalue weighted by Gasteiger charge is -2.24. The predicted octanol–water partition coefficient (Wildman–Crippen LogP) is 3.05. The maximum absolute atomic E-state index is 12.7. The molecule has 1 unspecified atom stereocenters. The Labute approximate surface area is 142 Å². The normalized spacial score (nSPS) is 12.3. The second kappa shape index (κ2) is 6.43. The lowest BCUT2D eigenvalue weighted by Crippen LogP contribution is -2.36. The number of aromatic nitrogens is 3. The minimum Gasteiger partial charge on any atom is -0.337 e. The summed E-state index contributed by atoms with van der Waals surface area (Å²) in [6.45, 7) is 6.09. The van der Waals surface area contributed by atoms with Gasteiger partial charge in [-0.05, 0) is 50.1 Å². The first-order valence-corrected chi connectivity index (χ1v) is 8.08. The second-order valence-corrected chi connectivity index (χ2v) is 6.39. The molecule has 0 spiro atoms. The van der Waals surface area contributed by atoms with Crippen molar-refractivity contribution in [1.29, 1.82) is 0 Å². The van der Waals surface area contributed by atoms with Crippen molar-refractivity contribution < 1.29 is 4.79 Å². The molecule has 3 aromatic rings. The largest absolute Gasteiger partial charge is 0.337 e. The topological polar surface area (TPSA) is 50.5 Å². The Hall–Kier alpha value is -2.69. The Kier molecular flexibility index (Phi) is 4.34. The first kappa shape index (κ1) is 16.2. The molecule has 1 atom stereocenters. The van der Waals surface area contributed by atoms with Gasteiger partial charge in [-0.1, -0.05) is 6.07 Å². The van der Waals surface area contributed by atoms with Gasteiger partial charge in [0.05, 0.1) is 0 Å². The first-order valence-electron chi connectivity index (χ1n) is 8.08. The van der Waals surface area contributed by atoms with Gasteiger partial charge in [0.15, 0.2) is 0 Å². The highest BCUT2D eigenvalue weighted by atomic mass is 16.2. The van der Waals surface area contributed by atoms with E-state index in [0.29, 0.717) is 5.69 Å². The zero-order valence-electron chi connectivity index (χ0n) is 14.5. The van der Waals surface area contributed by atoms with Gasteiger partial charge in [-0.15, -0.1) is 0 Å². The average molecular weight is 322 g/mol. The van der Waals surface area contributed by atoms with E-state index in [1.807, 2.05) is 62.8 Å². The van der Waals surface area contributed by atoms with Gasteiger partial charge in [0.1, 0.15) is 11.3 Å². The molecule has 0 fully saturated rings. The molecular formula is C19H22N4O. The Bertz CT molecular complexity index is 884. The summed E-state index contributed by atoms with van der Waals surface area (Å²) < 4.78 is 1.89. The molecule has 0 aromatic carbocycles. The summed E-state index contributed by atoms with van der Waals surface area (Å²) in [5, 5.41) is 0. The Morgan fingerprint density at radius 2 is 2.00 bits per heavy atom. The highest BCUT2D eigenvalue weighted by Gasteiger charge is 2.20. The number of hydrogen-bond donors (Lipinski definition) is 0. The number of nitrogens with zero attached hydrogens (tertiary/aromatic N) is 4.